The predicted octanol–water partition coefficient (Wildman–Crippen LogP) is 2.66. The van der Waals surface area contributed by atoms with Gasteiger partial charge >= 0.3 is 5.97 Å². The van der Waals surface area contributed by atoms with E-state index in [2.05, 4.69) is 0 Å². The van der Waals surface area contributed by atoms with Gasteiger partial charge in [0.05, 0.1) is 6.61 Å². The van der Waals surface area contributed by atoms with E-state index in [1.807, 2.05) is 6.92 Å². The molecule has 0 saturated heterocycles. The maximum Gasteiger partial charge on any atom is 0.305 e. The molecule has 0 bridgehead atoms. The van der Waals surface area contributed by atoms with Gasteiger partial charge in [0.1, 0.15) is 0 Å². The lowest BCUT2D eigenvalue weighted by molar-refractivity contribution is -0.143. The summed E-state index contributed by atoms with van der Waals surface area (Å²) >= 11 is 0. The third kappa shape index (κ3) is 11.4. The minimum atomic E-state index is -0.0715. The van der Waals surface area contributed by atoms with Crippen molar-refractivity contribution in [2.75, 3.05) is 13.2 Å². The Morgan fingerprint density at radius 2 is 1.67 bits per heavy atom. The fraction of sp³-hybridized carbons (Fsp3) is 0.917. The number of unbranched alkanes of at least 4 members (excludes halogenated alkanes) is 5. The van der Waals surface area contributed by atoms with E-state index in [1.165, 1.54) is 12.8 Å². The Hall–Kier alpha value is -0.570. The Kier molecular flexibility index (Phi) is 11.1. The molecule has 0 aromatic carbocycles. The first kappa shape index (κ1) is 14.4. The zero-order chi connectivity index (χ0) is 11.4. The Labute approximate surface area is 92.8 Å². The van der Waals surface area contributed by atoms with E-state index in [0.717, 1.165) is 32.1 Å². The van der Waals surface area contributed by atoms with Gasteiger partial charge in [-0.2, -0.15) is 0 Å². The number of aliphatic hydroxyl groups excluding tert-OH is 1. The highest BCUT2D eigenvalue weighted by molar-refractivity contribution is 5.69. The van der Waals surface area contributed by atoms with Crippen LogP contribution in [0.3, 0.4) is 0 Å². The number of esters is 1. The average molecular weight is 216 g/mol. The van der Waals surface area contributed by atoms with Crippen molar-refractivity contribution in [1.82, 2.24) is 0 Å². The summed E-state index contributed by atoms with van der Waals surface area (Å²) in [6.07, 6.45) is 7.84. The second-order valence-corrected chi connectivity index (χ2v) is 3.82. The van der Waals surface area contributed by atoms with Crippen molar-refractivity contribution >= 4 is 5.97 Å². The Bertz CT molecular complexity index is 146. The Balaban J connectivity index is 3.01. The molecule has 0 atom stereocenters. The van der Waals surface area contributed by atoms with E-state index in [4.69, 9.17) is 9.84 Å². The molecule has 1 N–H and O–H groups in total. The fourth-order valence-corrected chi connectivity index (χ4v) is 1.38. The minimum absolute atomic E-state index is 0.0715. The third-order valence-electron chi connectivity index (χ3n) is 2.27. The fourth-order valence-electron chi connectivity index (χ4n) is 1.38. The average Bonchev–Trinajstić information content (AvgIpc) is 2.22. The van der Waals surface area contributed by atoms with E-state index in [1.54, 1.807) is 0 Å². The summed E-state index contributed by atoms with van der Waals surface area (Å²) in [6, 6.07) is 0. The maximum absolute atomic E-state index is 11.0. The summed E-state index contributed by atoms with van der Waals surface area (Å²) in [7, 11) is 0. The summed E-state index contributed by atoms with van der Waals surface area (Å²) in [4.78, 5) is 11.0. The first-order valence-electron chi connectivity index (χ1n) is 6.07. The molecular weight excluding hydrogens is 192 g/mol. The second kappa shape index (κ2) is 11.5. The van der Waals surface area contributed by atoms with Crippen molar-refractivity contribution in [1.29, 1.82) is 0 Å². The summed E-state index contributed by atoms with van der Waals surface area (Å²) in [6.45, 7) is 2.84. The van der Waals surface area contributed by atoms with E-state index in [9.17, 15) is 4.79 Å². The van der Waals surface area contributed by atoms with Crippen LogP contribution in [-0.2, 0) is 9.53 Å². The van der Waals surface area contributed by atoms with Crippen LogP contribution in [0.4, 0.5) is 0 Å². The Morgan fingerprint density at radius 3 is 2.27 bits per heavy atom. The van der Waals surface area contributed by atoms with Crippen molar-refractivity contribution in [3.63, 3.8) is 0 Å². The first-order chi connectivity index (χ1) is 7.31. The van der Waals surface area contributed by atoms with Crippen LogP contribution >= 0.6 is 0 Å². The van der Waals surface area contributed by atoms with Crippen LogP contribution < -0.4 is 0 Å². The van der Waals surface area contributed by atoms with Crippen molar-refractivity contribution in [3.8, 4) is 0 Å². The molecule has 3 nitrogen and oxygen atoms in total. The highest BCUT2D eigenvalue weighted by atomic mass is 16.5. The monoisotopic (exact) mass is 216 g/mol. The summed E-state index contributed by atoms with van der Waals surface area (Å²) in [5.41, 5.74) is 0. The van der Waals surface area contributed by atoms with Crippen LogP contribution in [0.2, 0.25) is 0 Å². The minimum Gasteiger partial charge on any atom is -0.466 e. The largest absolute Gasteiger partial charge is 0.466 e. The molecule has 3 heteroatoms. The topological polar surface area (TPSA) is 46.5 Å². The van der Waals surface area contributed by atoms with E-state index < -0.39 is 0 Å². The molecule has 0 heterocycles. The van der Waals surface area contributed by atoms with Crippen LogP contribution in [0.15, 0.2) is 0 Å². The summed E-state index contributed by atoms with van der Waals surface area (Å²) in [5, 5.41) is 8.56. The molecule has 0 fully saturated rings. The van der Waals surface area contributed by atoms with Crippen LogP contribution in [0.1, 0.15) is 58.3 Å². The van der Waals surface area contributed by atoms with Gasteiger partial charge < -0.3 is 9.84 Å². The molecule has 0 unspecified atom stereocenters. The molecule has 0 aliphatic heterocycles. The van der Waals surface area contributed by atoms with Crippen LogP contribution in [0.25, 0.3) is 0 Å². The highest BCUT2D eigenvalue weighted by Gasteiger charge is 1.99. The van der Waals surface area contributed by atoms with E-state index in [0.29, 0.717) is 19.6 Å². The molecule has 15 heavy (non-hydrogen) atoms. The number of carbonyl (C=O) groups excluding carboxylic acids is 1. The number of hydrogen-bond acceptors (Lipinski definition) is 3. The number of rotatable bonds is 10. The van der Waals surface area contributed by atoms with Crippen molar-refractivity contribution in [3.05, 3.63) is 0 Å². The second-order valence-electron chi connectivity index (χ2n) is 3.82. The molecule has 0 amide bonds. The molecule has 0 rings (SSSR count). The molecule has 90 valence electrons. The van der Waals surface area contributed by atoms with E-state index >= 15 is 0 Å². The SMILES string of the molecule is CCCC(=O)OCCCCCCCCO. The van der Waals surface area contributed by atoms with Gasteiger partial charge in [-0.1, -0.05) is 32.6 Å². The van der Waals surface area contributed by atoms with Gasteiger partial charge in [0.15, 0.2) is 0 Å². The standard InChI is InChI=1S/C12H24O3/c1-2-9-12(14)15-11-8-6-4-3-5-7-10-13/h13H,2-11H2,1H3. The predicted molar refractivity (Wildman–Crippen MR) is 60.7 cm³/mol. The Morgan fingerprint density at radius 1 is 1.07 bits per heavy atom. The lowest BCUT2D eigenvalue weighted by Crippen LogP contribution is -2.04. The van der Waals surface area contributed by atoms with Crippen molar-refractivity contribution in [2.45, 2.75) is 58.3 Å². The lowest BCUT2D eigenvalue weighted by atomic mass is 10.1. The number of ether oxygens (including phenoxy) is 1. The van der Waals surface area contributed by atoms with E-state index in [-0.39, 0.29) is 5.97 Å². The first-order valence-corrected chi connectivity index (χ1v) is 6.07. The molecule has 0 saturated carbocycles. The van der Waals surface area contributed by atoms with Crippen LogP contribution in [0.5, 0.6) is 0 Å². The number of aliphatic hydroxyl groups is 1. The lowest BCUT2D eigenvalue weighted by Gasteiger charge is -2.03. The summed E-state index contributed by atoms with van der Waals surface area (Å²) < 4.78 is 5.03. The molecule has 0 aliphatic rings. The van der Waals surface area contributed by atoms with Gasteiger partial charge in [-0.3, -0.25) is 4.79 Å². The van der Waals surface area contributed by atoms with Crippen LogP contribution in [0, 0.1) is 0 Å². The van der Waals surface area contributed by atoms with Crippen molar-refractivity contribution in [2.24, 2.45) is 0 Å². The molecule has 0 spiro atoms. The maximum atomic E-state index is 11.0. The third-order valence-corrected chi connectivity index (χ3v) is 2.27. The smallest absolute Gasteiger partial charge is 0.305 e. The number of hydrogen-bond donors (Lipinski definition) is 1. The highest BCUT2D eigenvalue weighted by Crippen LogP contribution is 2.05. The zero-order valence-corrected chi connectivity index (χ0v) is 9.83. The van der Waals surface area contributed by atoms with Crippen molar-refractivity contribution < 1.29 is 14.6 Å². The molecule has 0 aromatic heterocycles. The number of carbonyl (C=O) groups is 1. The van der Waals surface area contributed by atoms with Crippen LogP contribution in [-0.4, -0.2) is 24.3 Å². The van der Waals surface area contributed by atoms with Gasteiger partial charge in [-0.25, -0.2) is 0 Å². The molecular formula is C12H24O3. The quantitative estimate of drug-likeness (QED) is 0.451. The summed E-state index contributed by atoms with van der Waals surface area (Å²) in [5.74, 6) is -0.0715. The molecule has 0 aromatic rings. The van der Waals surface area contributed by atoms with Gasteiger partial charge in [0, 0.05) is 13.0 Å². The van der Waals surface area contributed by atoms with Gasteiger partial charge in [-0.15, -0.1) is 0 Å². The van der Waals surface area contributed by atoms with Gasteiger partial charge in [-0.05, 0) is 19.3 Å². The van der Waals surface area contributed by atoms with Gasteiger partial charge in [0.2, 0.25) is 0 Å². The molecule has 0 radical (unpaired) electrons. The van der Waals surface area contributed by atoms with Gasteiger partial charge in [0.25, 0.3) is 0 Å². The molecule has 0 aliphatic carbocycles. The normalized spacial score (nSPS) is 10.3. The zero-order valence-electron chi connectivity index (χ0n) is 9.83.